The average Bonchev–Trinajstić information content (AvgIpc) is 2.52. The van der Waals surface area contributed by atoms with Gasteiger partial charge in [0.2, 0.25) is 5.91 Å². The van der Waals surface area contributed by atoms with E-state index in [1.165, 1.54) is 6.92 Å². The molecule has 0 radical (unpaired) electrons. The van der Waals surface area contributed by atoms with Gasteiger partial charge in [0.1, 0.15) is 0 Å². The van der Waals surface area contributed by atoms with Crippen molar-refractivity contribution in [1.82, 2.24) is 10.3 Å². The van der Waals surface area contributed by atoms with Crippen LogP contribution in [0.1, 0.15) is 12.6 Å². The molecule has 0 aliphatic rings. The standard InChI is InChI=1S/C8H13N3OS/c1-6(12)10-4-3-7-5-13-8(9-2)11-7/h5H,3-4H2,1-2H3,(H,9,11)(H,10,12). The molecule has 1 rings (SSSR count). The minimum atomic E-state index is 0.00377. The van der Waals surface area contributed by atoms with Crippen LogP contribution in [0.15, 0.2) is 5.38 Å². The molecule has 13 heavy (non-hydrogen) atoms. The maximum atomic E-state index is 10.6. The van der Waals surface area contributed by atoms with Crippen LogP contribution in [0, 0.1) is 0 Å². The summed E-state index contributed by atoms with van der Waals surface area (Å²) in [4.78, 5) is 14.8. The Morgan fingerprint density at radius 3 is 3.00 bits per heavy atom. The maximum absolute atomic E-state index is 10.6. The number of carbonyl (C=O) groups is 1. The number of hydrogen-bond donors (Lipinski definition) is 2. The highest BCUT2D eigenvalue weighted by molar-refractivity contribution is 7.13. The average molecular weight is 199 g/mol. The smallest absolute Gasteiger partial charge is 0.216 e. The van der Waals surface area contributed by atoms with Gasteiger partial charge in [-0.1, -0.05) is 0 Å². The summed E-state index contributed by atoms with van der Waals surface area (Å²) in [5.74, 6) is 0.00377. The van der Waals surface area contributed by atoms with E-state index in [1.54, 1.807) is 11.3 Å². The van der Waals surface area contributed by atoms with E-state index in [2.05, 4.69) is 15.6 Å². The third kappa shape index (κ3) is 3.42. The Hall–Kier alpha value is -1.10. The number of thiazole rings is 1. The predicted molar refractivity (Wildman–Crippen MR) is 54.0 cm³/mol. The second-order valence-corrected chi connectivity index (χ2v) is 3.49. The van der Waals surface area contributed by atoms with Gasteiger partial charge in [-0.25, -0.2) is 4.98 Å². The highest BCUT2D eigenvalue weighted by Gasteiger charge is 1.99. The first-order valence-corrected chi connectivity index (χ1v) is 4.97. The number of rotatable bonds is 4. The van der Waals surface area contributed by atoms with Gasteiger partial charge < -0.3 is 10.6 Å². The Balaban J connectivity index is 2.32. The quantitative estimate of drug-likeness (QED) is 0.756. The van der Waals surface area contributed by atoms with Gasteiger partial charge in [-0.15, -0.1) is 11.3 Å². The van der Waals surface area contributed by atoms with Crippen LogP contribution in [0.25, 0.3) is 0 Å². The zero-order valence-electron chi connectivity index (χ0n) is 7.76. The molecule has 0 spiro atoms. The number of aromatic nitrogens is 1. The van der Waals surface area contributed by atoms with Crippen LogP contribution >= 0.6 is 11.3 Å². The zero-order valence-corrected chi connectivity index (χ0v) is 8.57. The van der Waals surface area contributed by atoms with E-state index in [0.29, 0.717) is 6.54 Å². The van der Waals surface area contributed by atoms with Crippen LogP contribution in [0.3, 0.4) is 0 Å². The van der Waals surface area contributed by atoms with E-state index in [4.69, 9.17) is 0 Å². The van der Waals surface area contributed by atoms with Gasteiger partial charge >= 0.3 is 0 Å². The first kappa shape index (κ1) is 9.98. The third-order valence-corrected chi connectivity index (χ3v) is 2.43. The fraction of sp³-hybridized carbons (Fsp3) is 0.500. The molecule has 0 fully saturated rings. The summed E-state index contributed by atoms with van der Waals surface area (Å²) in [5, 5.41) is 8.60. The van der Waals surface area contributed by atoms with Crippen molar-refractivity contribution in [2.75, 3.05) is 18.9 Å². The van der Waals surface area contributed by atoms with Crippen molar-refractivity contribution < 1.29 is 4.79 Å². The predicted octanol–water partition coefficient (Wildman–Crippen LogP) is 0.863. The fourth-order valence-electron chi connectivity index (χ4n) is 0.903. The molecule has 0 bridgehead atoms. The molecule has 1 amide bonds. The van der Waals surface area contributed by atoms with E-state index >= 15 is 0 Å². The minimum absolute atomic E-state index is 0.00377. The van der Waals surface area contributed by atoms with Crippen molar-refractivity contribution >= 4 is 22.4 Å². The van der Waals surface area contributed by atoms with Crippen molar-refractivity contribution in [2.24, 2.45) is 0 Å². The molecule has 1 aromatic rings. The summed E-state index contributed by atoms with van der Waals surface area (Å²) in [6.45, 7) is 2.17. The van der Waals surface area contributed by atoms with Gasteiger partial charge in [0.15, 0.2) is 5.13 Å². The van der Waals surface area contributed by atoms with Crippen molar-refractivity contribution in [2.45, 2.75) is 13.3 Å². The van der Waals surface area contributed by atoms with Gasteiger partial charge in [0, 0.05) is 32.3 Å². The van der Waals surface area contributed by atoms with Crippen molar-refractivity contribution in [3.63, 3.8) is 0 Å². The van der Waals surface area contributed by atoms with Crippen LogP contribution in [0.4, 0.5) is 5.13 Å². The van der Waals surface area contributed by atoms with Gasteiger partial charge in [0.05, 0.1) is 5.69 Å². The molecule has 4 nitrogen and oxygen atoms in total. The number of anilines is 1. The van der Waals surface area contributed by atoms with Gasteiger partial charge in [-0.2, -0.15) is 0 Å². The molecular weight excluding hydrogens is 186 g/mol. The summed E-state index contributed by atoms with van der Waals surface area (Å²) in [7, 11) is 1.84. The molecule has 1 heterocycles. The molecule has 5 heteroatoms. The molecule has 72 valence electrons. The van der Waals surface area contributed by atoms with Crippen LogP contribution in [0.2, 0.25) is 0 Å². The molecule has 0 aromatic carbocycles. The Bertz CT molecular complexity index is 285. The second-order valence-electron chi connectivity index (χ2n) is 2.63. The summed E-state index contributed by atoms with van der Waals surface area (Å²) in [6, 6.07) is 0. The lowest BCUT2D eigenvalue weighted by atomic mass is 10.3. The largest absolute Gasteiger partial charge is 0.365 e. The van der Waals surface area contributed by atoms with Gasteiger partial charge in [-0.3, -0.25) is 4.79 Å². The van der Waals surface area contributed by atoms with Gasteiger partial charge in [-0.05, 0) is 0 Å². The van der Waals surface area contributed by atoms with E-state index < -0.39 is 0 Å². The van der Waals surface area contributed by atoms with E-state index in [1.807, 2.05) is 12.4 Å². The number of amides is 1. The summed E-state index contributed by atoms with van der Waals surface area (Å²) in [6.07, 6.45) is 0.789. The zero-order chi connectivity index (χ0) is 9.68. The van der Waals surface area contributed by atoms with Crippen molar-refractivity contribution in [3.8, 4) is 0 Å². The molecule has 1 aromatic heterocycles. The number of hydrogen-bond acceptors (Lipinski definition) is 4. The Kier molecular flexibility index (Phi) is 3.70. The molecule has 0 atom stereocenters. The Morgan fingerprint density at radius 2 is 2.46 bits per heavy atom. The lowest BCUT2D eigenvalue weighted by Gasteiger charge is -1.98. The van der Waals surface area contributed by atoms with Crippen molar-refractivity contribution in [1.29, 1.82) is 0 Å². The third-order valence-electron chi connectivity index (χ3n) is 1.52. The molecule has 0 aliphatic heterocycles. The van der Waals surface area contributed by atoms with E-state index in [9.17, 15) is 4.79 Å². The molecule has 2 N–H and O–H groups in total. The topological polar surface area (TPSA) is 54.0 Å². The SMILES string of the molecule is CNc1nc(CCNC(C)=O)cs1. The van der Waals surface area contributed by atoms with Crippen LogP contribution in [0.5, 0.6) is 0 Å². The number of nitrogens with one attached hydrogen (secondary N) is 2. The fourth-order valence-corrected chi connectivity index (χ4v) is 1.61. The number of carbonyl (C=O) groups excluding carboxylic acids is 1. The lowest BCUT2D eigenvalue weighted by Crippen LogP contribution is -2.22. The lowest BCUT2D eigenvalue weighted by molar-refractivity contribution is -0.118. The Labute approximate surface area is 81.4 Å². The monoisotopic (exact) mass is 199 g/mol. The van der Waals surface area contributed by atoms with E-state index in [0.717, 1.165) is 17.2 Å². The van der Waals surface area contributed by atoms with E-state index in [-0.39, 0.29) is 5.91 Å². The molecule has 0 unspecified atom stereocenters. The highest BCUT2D eigenvalue weighted by Crippen LogP contribution is 2.14. The van der Waals surface area contributed by atoms with Crippen LogP contribution < -0.4 is 10.6 Å². The van der Waals surface area contributed by atoms with Crippen LogP contribution in [-0.2, 0) is 11.2 Å². The number of nitrogens with zero attached hydrogens (tertiary/aromatic N) is 1. The first-order valence-electron chi connectivity index (χ1n) is 4.09. The molecular formula is C8H13N3OS. The second kappa shape index (κ2) is 4.81. The maximum Gasteiger partial charge on any atom is 0.216 e. The summed E-state index contributed by atoms with van der Waals surface area (Å²) >= 11 is 1.57. The van der Waals surface area contributed by atoms with Crippen LogP contribution in [-0.4, -0.2) is 24.5 Å². The Morgan fingerprint density at radius 1 is 1.69 bits per heavy atom. The molecule has 0 saturated heterocycles. The molecule has 0 saturated carbocycles. The summed E-state index contributed by atoms with van der Waals surface area (Å²) < 4.78 is 0. The summed E-state index contributed by atoms with van der Waals surface area (Å²) in [5.41, 5.74) is 1.02. The minimum Gasteiger partial charge on any atom is -0.365 e. The molecule has 0 aliphatic carbocycles. The highest BCUT2D eigenvalue weighted by atomic mass is 32.1. The first-order chi connectivity index (χ1) is 6.22. The van der Waals surface area contributed by atoms with Gasteiger partial charge in [0.25, 0.3) is 0 Å². The van der Waals surface area contributed by atoms with Crippen molar-refractivity contribution in [3.05, 3.63) is 11.1 Å². The normalized spacial score (nSPS) is 9.69.